The van der Waals surface area contributed by atoms with Gasteiger partial charge in [0, 0.05) is 6.54 Å². The number of nitrogens with one attached hydrogen (secondary N) is 1. The summed E-state index contributed by atoms with van der Waals surface area (Å²) in [4.78, 5) is 27.4. The molecule has 0 radical (unpaired) electrons. The highest BCUT2D eigenvalue weighted by atomic mass is 16.2. The fraction of sp³-hybridized carbons (Fsp3) is 0.882. The molecule has 3 fully saturated rings. The van der Waals surface area contributed by atoms with Crippen molar-refractivity contribution in [2.75, 3.05) is 6.54 Å². The lowest BCUT2D eigenvalue weighted by Gasteiger charge is -2.46. The van der Waals surface area contributed by atoms with E-state index in [0.29, 0.717) is 0 Å². The van der Waals surface area contributed by atoms with Crippen LogP contribution in [0.4, 0.5) is 0 Å². The number of carbonyl (C=O) groups excluding carboxylic acids is 2. The molecule has 0 aromatic heterocycles. The van der Waals surface area contributed by atoms with Crippen LogP contribution in [-0.2, 0) is 9.59 Å². The average Bonchev–Trinajstić information content (AvgIpc) is 3.12. The lowest BCUT2D eigenvalue weighted by atomic mass is 9.81. The molecule has 1 heterocycles. The molecule has 21 heavy (non-hydrogen) atoms. The Bertz CT molecular complexity index is 434. The Hall–Kier alpha value is -1.06. The third kappa shape index (κ3) is 2.36. The van der Waals surface area contributed by atoms with Crippen molar-refractivity contribution >= 4 is 11.8 Å². The van der Waals surface area contributed by atoms with Crippen LogP contribution in [0.1, 0.15) is 71.6 Å². The summed E-state index contributed by atoms with van der Waals surface area (Å²) < 4.78 is 0. The minimum absolute atomic E-state index is 0.0424. The molecule has 1 saturated heterocycles. The van der Waals surface area contributed by atoms with E-state index in [1.54, 1.807) is 0 Å². The lowest BCUT2D eigenvalue weighted by molar-refractivity contribution is -0.156. The van der Waals surface area contributed by atoms with E-state index in [-0.39, 0.29) is 23.3 Å². The molecule has 2 aliphatic carbocycles. The molecule has 3 aliphatic rings. The fourth-order valence-corrected chi connectivity index (χ4v) is 4.62. The topological polar surface area (TPSA) is 49.4 Å². The van der Waals surface area contributed by atoms with Crippen molar-refractivity contribution in [3.8, 4) is 0 Å². The zero-order chi connectivity index (χ0) is 15.1. The van der Waals surface area contributed by atoms with Crippen LogP contribution in [0.2, 0.25) is 0 Å². The van der Waals surface area contributed by atoms with Crippen LogP contribution < -0.4 is 5.32 Å². The Labute approximate surface area is 127 Å². The SMILES string of the molecule is CCC1(CN2C(=O)C3(CCCC3)NC(=O)C2C)CCCC1. The molecule has 3 rings (SSSR count). The molecule has 1 atom stereocenters. The number of hydrogen-bond donors (Lipinski definition) is 1. The van der Waals surface area contributed by atoms with E-state index in [2.05, 4.69) is 12.2 Å². The Kier molecular flexibility index (Phi) is 3.74. The van der Waals surface area contributed by atoms with Gasteiger partial charge in [0.2, 0.25) is 11.8 Å². The molecule has 118 valence electrons. The highest BCUT2D eigenvalue weighted by Gasteiger charge is 2.52. The first kappa shape index (κ1) is 14.9. The first-order valence-corrected chi connectivity index (χ1v) is 8.65. The van der Waals surface area contributed by atoms with E-state index < -0.39 is 5.54 Å². The lowest BCUT2D eigenvalue weighted by Crippen LogP contribution is -2.69. The highest BCUT2D eigenvalue weighted by molar-refractivity contribution is 5.99. The van der Waals surface area contributed by atoms with Crippen molar-refractivity contribution in [2.45, 2.75) is 83.2 Å². The first-order chi connectivity index (χ1) is 10.0. The van der Waals surface area contributed by atoms with Gasteiger partial charge in [-0.3, -0.25) is 9.59 Å². The second kappa shape index (κ2) is 5.29. The quantitative estimate of drug-likeness (QED) is 0.869. The second-order valence-electron chi connectivity index (χ2n) is 7.45. The van der Waals surface area contributed by atoms with Crippen LogP contribution in [0.3, 0.4) is 0 Å². The van der Waals surface area contributed by atoms with E-state index in [1.807, 2.05) is 11.8 Å². The minimum atomic E-state index is -0.572. The van der Waals surface area contributed by atoms with Gasteiger partial charge in [-0.1, -0.05) is 32.6 Å². The first-order valence-electron chi connectivity index (χ1n) is 8.65. The van der Waals surface area contributed by atoms with Crippen molar-refractivity contribution in [1.29, 1.82) is 0 Å². The van der Waals surface area contributed by atoms with Crippen LogP contribution >= 0.6 is 0 Å². The van der Waals surface area contributed by atoms with Gasteiger partial charge in [0.1, 0.15) is 11.6 Å². The Morgan fingerprint density at radius 1 is 1.10 bits per heavy atom. The molecule has 0 aromatic carbocycles. The Morgan fingerprint density at radius 2 is 1.67 bits per heavy atom. The molecule has 1 aliphatic heterocycles. The zero-order valence-electron chi connectivity index (χ0n) is 13.4. The minimum Gasteiger partial charge on any atom is -0.340 e. The molecule has 2 saturated carbocycles. The number of hydrogen-bond acceptors (Lipinski definition) is 2. The Morgan fingerprint density at radius 3 is 2.24 bits per heavy atom. The van der Waals surface area contributed by atoms with Crippen molar-refractivity contribution < 1.29 is 9.59 Å². The molecule has 1 unspecified atom stereocenters. The third-order valence-corrected chi connectivity index (χ3v) is 6.26. The second-order valence-corrected chi connectivity index (χ2v) is 7.45. The van der Waals surface area contributed by atoms with Gasteiger partial charge < -0.3 is 10.2 Å². The van der Waals surface area contributed by atoms with Gasteiger partial charge in [0.25, 0.3) is 0 Å². The number of amides is 2. The third-order valence-electron chi connectivity index (χ3n) is 6.26. The molecule has 1 spiro atoms. The maximum Gasteiger partial charge on any atom is 0.249 e. The van der Waals surface area contributed by atoms with E-state index in [1.165, 1.54) is 25.7 Å². The molecule has 4 heteroatoms. The van der Waals surface area contributed by atoms with Gasteiger partial charge in [-0.05, 0) is 44.4 Å². The number of nitrogens with zero attached hydrogens (tertiary/aromatic N) is 1. The fourth-order valence-electron chi connectivity index (χ4n) is 4.62. The van der Waals surface area contributed by atoms with Crippen LogP contribution in [0, 0.1) is 5.41 Å². The van der Waals surface area contributed by atoms with Crippen molar-refractivity contribution in [3.63, 3.8) is 0 Å². The molecule has 0 bridgehead atoms. The zero-order valence-corrected chi connectivity index (χ0v) is 13.4. The summed E-state index contributed by atoms with van der Waals surface area (Å²) in [6.45, 7) is 4.89. The molecule has 2 amide bonds. The standard InChI is InChI=1S/C17H28N2O2/c1-3-16(8-4-5-9-16)12-19-13(2)14(20)18-17(15(19)21)10-6-7-11-17/h13H,3-12H2,1-2H3,(H,18,20). The summed E-state index contributed by atoms with van der Waals surface area (Å²) in [6.07, 6.45) is 9.78. The number of rotatable bonds is 3. The Balaban J connectivity index is 1.84. The van der Waals surface area contributed by atoms with E-state index in [4.69, 9.17) is 0 Å². The number of piperazine rings is 1. The molecular weight excluding hydrogens is 264 g/mol. The molecule has 4 nitrogen and oxygen atoms in total. The smallest absolute Gasteiger partial charge is 0.249 e. The molecular formula is C17H28N2O2. The van der Waals surface area contributed by atoms with Crippen molar-refractivity contribution in [3.05, 3.63) is 0 Å². The van der Waals surface area contributed by atoms with Gasteiger partial charge in [-0.25, -0.2) is 0 Å². The van der Waals surface area contributed by atoms with Crippen LogP contribution in [0.5, 0.6) is 0 Å². The predicted octanol–water partition coefficient (Wildman–Crippen LogP) is 2.62. The summed E-state index contributed by atoms with van der Waals surface area (Å²) in [5.41, 5.74) is -0.321. The largest absolute Gasteiger partial charge is 0.340 e. The monoisotopic (exact) mass is 292 g/mol. The van der Waals surface area contributed by atoms with Gasteiger partial charge in [-0.15, -0.1) is 0 Å². The van der Waals surface area contributed by atoms with Gasteiger partial charge in [0.15, 0.2) is 0 Å². The van der Waals surface area contributed by atoms with Crippen molar-refractivity contribution in [1.82, 2.24) is 10.2 Å². The summed E-state index contributed by atoms with van der Waals surface area (Å²) in [5, 5.41) is 3.05. The van der Waals surface area contributed by atoms with Gasteiger partial charge in [-0.2, -0.15) is 0 Å². The summed E-state index contributed by atoms with van der Waals surface area (Å²) >= 11 is 0. The van der Waals surface area contributed by atoms with Crippen molar-refractivity contribution in [2.24, 2.45) is 5.41 Å². The summed E-state index contributed by atoms with van der Waals surface area (Å²) in [6, 6.07) is -0.312. The van der Waals surface area contributed by atoms with Gasteiger partial charge in [0.05, 0.1) is 0 Å². The van der Waals surface area contributed by atoms with Crippen LogP contribution in [-0.4, -0.2) is 34.8 Å². The highest BCUT2D eigenvalue weighted by Crippen LogP contribution is 2.43. The maximum absolute atomic E-state index is 13.1. The normalized spacial score (nSPS) is 31.0. The maximum atomic E-state index is 13.1. The molecule has 0 aromatic rings. The van der Waals surface area contributed by atoms with E-state index in [0.717, 1.165) is 38.6 Å². The summed E-state index contributed by atoms with van der Waals surface area (Å²) in [5.74, 6) is 0.229. The summed E-state index contributed by atoms with van der Waals surface area (Å²) in [7, 11) is 0. The van der Waals surface area contributed by atoms with Crippen LogP contribution in [0.15, 0.2) is 0 Å². The predicted molar refractivity (Wildman–Crippen MR) is 81.7 cm³/mol. The van der Waals surface area contributed by atoms with E-state index in [9.17, 15) is 9.59 Å². The average molecular weight is 292 g/mol. The number of carbonyl (C=O) groups is 2. The van der Waals surface area contributed by atoms with Crippen LogP contribution in [0.25, 0.3) is 0 Å². The van der Waals surface area contributed by atoms with Gasteiger partial charge >= 0.3 is 0 Å². The van der Waals surface area contributed by atoms with E-state index >= 15 is 0 Å². The molecule has 1 N–H and O–H groups in total.